The number of nitrogens with zero attached hydrogens (tertiary/aromatic N) is 2. The minimum Gasteiger partial charge on any atom is -0.391 e. The number of methoxy groups -OCH3 is 1. The van der Waals surface area contributed by atoms with Crippen LogP contribution >= 0.6 is 0 Å². The Kier molecular flexibility index (Phi) is 4.70. The minimum atomic E-state index is -0.347. The molecule has 1 aliphatic heterocycles. The summed E-state index contributed by atoms with van der Waals surface area (Å²) in [6.07, 6.45) is 0.800. The van der Waals surface area contributed by atoms with Gasteiger partial charge in [0.2, 0.25) is 0 Å². The lowest BCUT2D eigenvalue weighted by Crippen LogP contribution is -2.41. The monoisotopic (exact) mass is 214 g/mol. The maximum absolute atomic E-state index is 10.1. The zero-order valence-electron chi connectivity index (χ0n) is 9.89. The predicted octanol–water partition coefficient (Wildman–Crippen LogP) is 0.403. The van der Waals surface area contributed by atoms with Crippen LogP contribution in [-0.4, -0.2) is 62.2 Å². The quantitative estimate of drug-likeness (QED) is 0.674. The summed E-state index contributed by atoms with van der Waals surface area (Å²) in [5.41, 5.74) is 0. The molecule has 0 aromatic carbocycles. The molecule has 0 amide bonds. The Bertz CT molecular complexity index is 211. The first-order chi connectivity index (χ1) is 7.10. The van der Waals surface area contributed by atoms with E-state index in [1.807, 2.05) is 14.0 Å². The van der Waals surface area contributed by atoms with Gasteiger partial charge in [0, 0.05) is 32.2 Å². The van der Waals surface area contributed by atoms with Crippen LogP contribution in [0, 0.1) is 5.92 Å². The molecule has 15 heavy (non-hydrogen) atoms. The summed E-state index contributed by atoms with van der Waals surface area (Å²) in [7, 11) is 3.75. The third-order valence-electron chi connectivity index (χ3n) is 3.29. The lowest BCUT2D eigenvalue weighted by atomic mass is 9.96. The topological polar surface area (TPSA) is 45.1 Å². The van der Waals surface area contributed by atoms with Crippen LogP contribution in [0.25, 0.3) is 0 Å². The molecule has 4 nitrogen and oxygen atoms in total. The summed E-state index contributed by atoms with van der Waals surface area (Å²) in [5, 5.41) is 10.1. The molecule has 0 spiro atoms. The molecule has 1 rings (SSSR count). The first-order valence-corrected chi connectivity index (χ1v) is 5.43. The van der Waals surface area contributed by atoms with Gasteiger partial charge in [-0.2, -0.15) is 0 Å². The van der Waals surface area contributed by atoms with E-state index in [9.17, 15) is 5.11 Å². The van der Waals surface area contributed by atoms with Gasteiger partial charge in [-0.05, 0) is 20.2 Å². The van der Waals surface area contributed by atoms with Gasteiger partial charge in [0.25, 0.3) is 0 Å². The second-order valence-electron chi connectivity index (χ2n) is 4.47. The van der Waals surface area contributed by atoms with Crippen LogP contribution in [0.2, 0.25) is 0 Å². The van der Waals surface area contributed by atoms with Crippen LogP contribution in [0.1, 0.15) is 13.3 Å². The number of ether oxygens (including phenoxy) is 1. The first-order valence-electron chi connectivity index (χ1n) is 5.43. The standard InChI is InChI=1S/C11H22N2O2/c1-8(6-12-2)11(14)10-5-9(15-4)7-13(10)3/h8-11,14H,2,5-7H2,1,3-4H3/t8-,9?,10+,11?/m1/s1. The van der Waals surface area contributed by atoms with Crippen molar-refractivity contribution < 1.29 is 9.84 Å². The molecule has 1 fully saturated rings. The lowest BCUT2D eigenvalue weighted by molar-refractivity contribution is 0.0450. The smallest absolute Gasteiger partial charge is 0.0739 e. The Balaban J connectivity index is 2.52. The van der Waals surface area contributed by atoms with Gasteiger partial charge in [0.05, 0.1) is 12.2 Å². The van der Waals surface area contributed by atoms with Gasteiger partial charge in [-0.25, -0.2) is 0 Å². The fraction of sp³-hybridized carbons (Fsp3) is 0.909. The van der Waals surface area contributed by atoms with Gasteiger partial charge in [0.15, 0.2) is 0 Å². The maximum Gasteiger partial charge on any atom is 0.0739 e. The summed E-state index contributed by atoms with van der Waals surface area (Å²) in [4.78, 5) is 6.00. The van der Waals surface area contributed by atoms with Crippen LogP contribution < -0.4 is 0 Å². The highest BCUT2D eigenvalue weighted by Crippen LogP contribution is 2.24. The van der Waals surface area contributed by atoms with E-state index in [0.717, 1.165) is 13.0 Å². The van der Waals surface area contributed by atoms with E-state index in [-0.39, 0.29) is 24.2 Å². The lowest BCUT2D eigenvalue weighted by Gasteiger charge is -2.28. The molecule has 0 aromatic rings. The third kappa shape index (κ3) is 3.00. The number of hydrogen-bond acceptors (Lipinski definition) is 4. The maximum atomic E-state index is 10.1. The average Bonchev–Trinajstić information content (AvgIpc) is 2.59. The van der Waals surface area contributed by atoms with Crippen LogP contribution in [0.15, 0.2) is 4.99 Å². The normalized spacial score (nSPS) is 31.5. The van der Waals surface area contributed by atoms with Gasteiger partial charge in [-0.3, -0.25) is 4.90 Å². The van der Waals surface area contributed by atoms with Crippen molar-refractivity contribution in [2.24, 2.45) is 10.9 Å². The summed E-state index contributed by atoms with van der Waals surface area (Å²) >= 11 is 0. The molecule has 1 saturated heterocycles. The Morgan fingerprint density at radius 1 is 1.67 bits per heavy atom. The van der Waals surface area contributed by atoms with E-state index in [4.69, 9.17) is 4.74 Å². The fourth-order valence-corrected chi connectivity index (χ4v) is 2.24. The molecule has 0 bridgehead atoms. The first kappa shape index (κ1) is 12.6. The van der Waals surface area contributed by atoms with E-state index in [0.29, 0.717) is 6.54 Å². The van der Waals surface area contributed by atoms with Crippen molar-refractivity contribution >= 4 is 6.72 Å². The second kappa shape index (κ2) is 5.58. The van der Waals surface area contributed by atoms with Gasteiger partial charge in [-0.1, -0.05) is 6.92 Å². The third-order valence-corrected chi connectivity index (χ3v) is 3.29. The van der Waals surface area contributed by atoms with E-state index in [1.165, 1.54) is 0 Å². The van der Waals surface area contributed by atoms with Crippen molar-refractivity contribution in [3.63, 3.8) is 0 Å². The Labute approximate surface area is 91.9 Å². The molecule has 1 aliphatic rings. The van der Waals surface area contributed by atoms with Crippen LogP contribution in [0.5, 0.6) is 0 Å². The van der Waals surface area contributed by atoms with Crippen molar-refractivity contribution in [3.05, 3.63) is 0 Å². The predicted molar refractivity (Wildman–Crippen MR) is 61.4 cm³/mol. The highest BCUT2D eigenvalue weighted by molar-refractivity contribution is 5.23. The molecular weight excluding hydrogens is 192 g/mol. The zero-order valence-corrected chi connectivity index (χ0v) is 9.89. The molecule has 4 atom stereocenters. The van der Waals surface area contributed by atoms with Crippen LogP contribution in [0.3, 0.4) is 0 Å². The molecule has 0 aromatic heterocycles. The summed E-state index contributed by atoms with van der Waals surface area (Å²) < 4.78 is 5.31. The highest BCUT2D eigenvalue weighted by Gasteiger charge is 2.36. The van der Waals surface area contributed by atoms with E-state index < -0.39 is 0 Å². The summed E-state index contributed by atoms with van der Waals surface area (Å²) in [6.45, 7) is 6.98. The Hall–Kier alpha value is -0.450. The van der Waals surface area contributed by atoms with Crippen molar-refractivity contribution in [2.75, 3.05) is 27.2 Å². The van der Waals surface area contributed by atoms with Crippen molar-refractivity contribution in [2.45, 2.75) is 31.6 Å². The molecule has 4 heteroatoms. The van der Waals surface area contributed by atoms with E-state index in [1.54, 1.807) is 7.11 Å². The fourth-order valence-electron chi connectivity index (χ4n) is 2.24. The number of hydrogen-bond donors (Lipinski definition) is 1. The van der Waals surface area contributed by atoms with Crippen LogP contribution in [0.4, 0.5) is 0 Å². The second-order valence-corrected chi connectivity index (χ2v) is 4.47. The number of aliphatic hydroxyl groups excluding tert-OH is 1. The van der Waals surface area contributed by atoms with E-state index >= 15 is 0 Å². The number of aliphatic hydroxyl groups is 1. The molecule has 0 saturated carbocycles. The number of likely N-dealkylation sites (tertiary alicyclic amines) is 1. The molecule has 88 valence electrons. The summed E-state index contributed by atoms with van der Waals surface area (Å²) in [6, 6.07) is 0.187. The van der Waals surface area contributed by atoms with Gasteiger partial charge in [-0.15, -0.1) is 0 Å². The molecule has 2 unspecified atom stereocenters. The Morgan fingerprint density at radius 2 is 2.33 bits per heavy atom. The SMILES string of the molecule is C=NC[C@@H](C)C(O)[C@@H]1CC(OC)CN1C. The van der Waals surface area contributed by atoms with Crippen molar-refractivity contribution in [1.29, 1.82) is 0 Å². The molecule has 1 N–H and O–H groups in total. The molecular formula is C11H22N2O2. The number of likely N-dealkylation sites (N-methyl/N-ethyl adjacent to an activating group) is 1. The highest BCUT2D eigenvalue weighted by atomic mass is 16.5. The van der Waals surface area contributed by atoms with Crippen LogP contribution in [-0.2, 0) is 4.74 Å². The molecule has 0 aliphatic carbocycles. The number of aliphatic imine (C=N–C) groups is 1. The average molecular weight is 214 g/mol. The molecule has 1 heterocycles. The molecule has 0 radical (unpaired) electrons. The minimum absolute atomic E-state index is 0.158. The van der Waals surface area contributed by atoms with Gasteiger partial charge >= 0.3 is 0 Å². The van der Waals surface area contributed by atoms with E-state index in [2.05, 4.69) is 16.6 Å². The van der Waals surface area contributed by atoms with Crippen molar-refractivity contribution in [3.8, 4) is 0 Å². The van der Waals surface area contributed by atoms with Gasteiger partial charge in [0.1, 0.15) is 0 Å². The number of rotatable bonds is 5. The van der Waals surface area contributed by atoms with Gasteiger partial charge < -0.3 is 14.8 Å². The summed E-state index contributed by atoms with van der Waals surface area (Å²) in [5.74, 6) is 0.158. The Morgan fingerprint density at radius 3 is 2.80 bits per heavy atom. The largest absolute Gasteiger partial charge is 0.391 e. The van der Waals surface area contributed by atoms with Crippen molar-refractivity contribution in [1.82, 2.24) is 4.90 Å². The zero-order chi connectivity index (χ0) is 11.4.